The zero-order valence-corrected chi connectivity index (χ0v) is 14.2. The van der Waals surface area contributed by atoms with E-state index >= 15 is 0 Å². The van der Waals surface area contributed by atoms with E-state index in [4.69, 9.17) is 27.9 Å². The number of carbonyl (C=O) groups is 2. The molecule has 0 aliphatic heterocycles. The number of rotatable bonds is 5. The van der Waals surface area contributed by atoms with Crippen LogP contribution in [0.2, 0.25) is 10.0 Å². The Balaban J connectivity index is 1.97. The molecule has 2 atom stereocenters. The van der Waals surface area contributed by atoms with Crippen molar-refractivity contribution in [1.29, 1.82) is 0 Å². The summed E-state index contributed by atoms with van der Waals surface area (Å²) in [4.78, 5) is 24.0. The van der Waals surface area contributed by atoms with Crippen molar-refractivity contribution in [2.75, 3.05) is 5.32 Å². The smallest absolute Gasteiger partial charge is 0.340 e. The van der Waals surface area contributed by atoms with Crippen molar-refractivity contribution >= 4 is 40.8 Å². The van der Waals surface area contributed by atoms with Crippen LogP contribution in [0.4, 0.5) is 5.69 Å². The molecule has 0 spiro atoms. The topological polar surface area (TPSA) is 75.6 Å². The lowest BCUT2D eigenvalue weighted by Crippen LogP contribution is -2.31. The van der Waals surface area contributed by atoms with E-state index in [1.54, 1.807) is 36.4 Å². The molecule has 0 aromatic heterocycles. The van der Waals surface area contributed by atoms with E-state index in [-0.39, 0.29) is 5.02 Å². The summed E-state index contributed by atoms with van der Waals surface area (Å²) in [6.07, 6.45) is -2.57. The number of hydrogen-bond acceptors (Lipinski definition) is 4. The molecule has 0 unspecified atom stereocenters. The molecule has 24 heavy (non-hydrogen) atoms. The minimum Gasteiger partial charge on any atom is -0.450 e. The van der Waals surface area contributed by atoms with Gasteiger partial charge in [0, 0.05) is 5.02 Å². The number of benzene rings is 2. The van der Waals surface area contributed by atoms with E-state index in [1.807, 2.05) is 0 Å². The summed E-state index contributed by atoms with van der Waals surface area (Å²) in [5.41, 5.74) is 0.730. The molecule has 5 nitrogen and oxygen atoms in total. The Morgan fingerprint density at radius 1 is 1.12 bits per heavy atom. The zero-order chi connectivity index (χ0) is 17.7. The first-order valence-electron chi connectivity index (χ1n) is 7.08. The molecule has 2 N–H and O–H groups in total. The third-order valence-corrected chi connectivity index (χ3v) is 3.74. The quantitative estimate of drug-likeness (QED) is 0.791. The molecule has 126 valence electrons. The maximum atomic E-state index is 12.1. The summed E-state index contributed by atoms with van der Waals surface area (Å²) >= 11 is 11.8. The van der Waals surface area contributed by atoms with Gasteiger partial charge in [-0.3, -0.25) is 4.79 Å². The number of hydrogen-bond donors (Lipinski definition) is 2. The van der Waals surface area contributed by atoms with Gasteiger partial charge in [0.1, 0.15) is 0 Å². The van der Waals surface area contributed by atoms with Crippen molar-refractivity contribution < 1.29 is 19.4 Å². The Morgan fingerprint density at radius 3 is 2.42 bits per heavy atom. The van der Waals surface area contributed by atoms with Gasteiger partial charge in [0.25, 0.3) is 5.91 Å². The Labute approximate surface area is 149 Å². The predicted molar refractivity (Wildman–Crippen MR) is 92.0 cm³/mol. The van der Waals surface area contributed by atoms with Crippen LogP contribution in [0.1, 0.15) is 18.6 Å². The van der Waals surface area contributed by atoms with Gasteiger partial charge in [0.15, 0.2) is 12.2 Å². The van der Waals surface area contributed by atoms with Gasteiger partial charge in [-0.15, -0.1) is 0 Å². The number of ether oxygens (including phenoxy) is 1. The molecule has 0 heterocycles. The number of aliphatic hydroxyl groups excluding tert-OH is 1. The number of esters is 1. The minimum absolute atomic E-state index is 0.263. The number of halogens is 2. The van der Waals surface area contributed by atoms with Crippen LogP contribution in [-0.2, 0) is 14.3 Å². The summed E-state index contributed by atoms with van der Waals surface area (Å²) in [6, 6.07) is 12.9. The van der Waals surface area contributed by atoms with Crippen LogP contribution in [0.3, 0.4) is 0 Å². The molecule has 0 saturated carbocycles. The molecular weight excluding hydrogens is 353 g/mol. The second kappa shape index (κ2) is 8.15. The lowest BCUT2D eigenvalue weighted by molar-refractivity contribution is -0.162. The van der Waals surface area contributed by atoms with E-state index in [9.17, 15) is 14.7 Å². The molecule has 2 aromatic rings. The highest BCUT2D eigenvalue weighted by Crippen LogP contribution is 2.25. The Morgan fingerprint density at radius 2 is 1.79 bits per heavy atom. The Hall–Kier alpha value is -2.08. The third-order valence-electron chi connectivity index (χ3n) is 3.19. The number of amides is 1. The summed E-state index contributed by atoms with van der Waals surface area (Å²) in [6.45, 7) is 1.40. The second-order valence-corrected chi connectivity index (χ2v) is 5.85. The Bertz CT molecular complexity index is 737. The van der Waals surface area contributed by atoms with Gasteiger partial charge in [-0.25, -0.2) is 4.79 Å². The van der Waals surface area contributed by atoms with E-state index in [0.29, 0.717) is 16.3 Å². The second-order valence-electron chi connectivity index (χ2n) is 5.01. The summed E-state index contributed by atoms with van der Waals surface area (Å²) in [5.74, 6) is -1.49. The lowest BCUT2D eigenvalue weighted by Gasteiger charge is -2.16. The van der Waals surface area contributed by atoms with Crippen molar-refractivity contribution in [3.63, 3.8) is 0 Å². The third kappa shape index (κ3) is 4.71. The molecule has 0 aliphatic carbocycles. The fraction of sp³-hybridized carbons (Fsp3) is 0.176. The Kier molecular flexibility index (Phi) is 6.20. The van der Waals surface area contributed by atoms with Crippen LogP contribution < -0.4 is 5.32 Å². The molecule has 2 aromatic carbocycles. The maximum absolute atomic E-state index is 12.1. The number of aliphatic hydroxyl groups is 1. The average molecular weight is 368 g/mol. The highest BCUT2D eigenvalue weighted by molar-refractivity contribution is 6.36. The molecule has 0 saturated heterocycles. The van der Waals surface area contributed by atoms with E-state index < -0.39 is 24.1 Å². The zero-order valence-electron chi connectivity index (χ0n) is 12.7. The normalized spacial score (nSPS) is 13.0. The summed E-state index contributed by atoms with van der Waals surface area (Å²) in [5, 5.41) is 13.2. The maximum Gasteiger partial charge on any atom is 0.340 e. The van der Waals surface area contributed by atoms with Gasteiger partial charge in [0.2, 0.25) is 0 Å². The number of nitrogens with one attached hydrogen (secondary N) is 1. The highest BCUT2D eigenvalue weighted by Gasteiger charge is 2.24. The highest BCUT2D eigenvalue weighted by atomic mass is 35.5. The lowest BCUT2D eigenvalue weighted by atomic mass is 10.1. The fourth-order valence-corrected chi connectivity index (χ4v) is 2.34. The molecule has 7 heteroatoms. The van der Waals surface area contributed by atoms with Crippen LogP contribution >= 0.6 is 23.2 Å². The molecule has 0 aliphatic rings. The predicted octanol–water partition coefficient (Wildman–Crippen LogP) is 3.60. The van der Waals surface area contributed by atoms with Gasteiger partial charge in [-0.1, -0.05) is 53.5 Å². The van der Waals surface area contributed by atoms with Crippen molar-refractivity contribution in [2.45, 2.75) is 19.1 Å². The van der Waals surface area contributed by atoms with Gasteiger partial charge >= 0.3 is 5.97 Å². The standard InChI is InChI=1S/C17H15Cl2NO4/c1-10(16(22)20-14-8-7-12(18)9-13(14)19)24-17(23)15(21)11-5-3-2-4-6-11/h2-10,15,21H,1H3,(H,20,22)/t10-,15-/m0/s1. The monoisotopic (exact) mass is 367 g/mol. The minimum atomic E-state index is -1.46. The first kappa shape index (κ1) is 18.3. The van der Waals surface area contributed by atoms with Crippen LogP contribution in [0, 0.1) is 0 Å². The van der Waals surface area contributed by atoms with Crippen molar-refractivity contribution in [3.05, 3.63) is 64.1 Å². The fourth-order valence-electron chi connectivity index (χ4n) is 1.89. The van der Waals surface area contributed by atoms with Crippen molar-refractivity contribution in [2.24, 2.45) is 0 Å². The number of carbonyl (C=O) groups excluding carboxylic acids is 2. The van der Waals surface area contributed by atoms with Crippen molar-refractivity contribution in [3.8, 4) is 0 Å². The number of anilines is 1. The molecular formula is C17H15Cl2NO4. The molecule has 1 amide bonds. The molecule has 0 bridgehead atoms. The van der Waals surface area contributed by atoms with Crippen LogP contribution in [0.25, 0.3) is 0 Å². The largest absolute Gasteiger partial charge is 0.450 e. The SMILES string of the molecule is C[C@H](OC(=O)[C@@H](O)c1ccccc1)C(=O)Nc1ccc(Cl)cc1Cl. The summed E-state index contributed by atoms with van der Waals surface area (Å²) in [7, 11) is 0. The molecule has 2 rings (SSSR count). The molecule has 0 fully saturated rings. The van der Waals surface area contributed by atoms with Crippen LogP contribution in [-0.4, -0.2) is 23.1 Å². The first-order chi connectivity index (χ1) is 11.4. The van der Waals surface area contributed by atoms with Crippen LogP contribution in [0.15, 0.2) is 48.5 Å². The van der Waals surface area contributed by atoms with Crippen molar-refractivity contribution in [1.82, 2.24) is 0 Å². The van der Waals surface area contributed by atoms with E-state index in [2.05, 4.69) is 5.32 Å². The van der Waals surface area contributed by atoms with Gasteiger partial charge in [-0.05, 0) is 30.7 Å². The molecule has 0 radical (unpaired) electrons. The summed E-state index contributed by atoms with van der Waals surface area (Å²) < 4.78 is 4.99. The van der Waals surface area contributed by atoms with E-state index in [1.165, 1.54) is 19.1 Å². The average Bonchev–Trinajstić information content (AvgIpc) is 2.57. The van der Waals surface area contributed by atoms with E-state index in [0.717, 1.165) is 0 Å². The first-order valence-corrected chi connectivity index (χ1v) is 7.83. The van der Waals surface area contributed by atoms with Gasteiger partial charge in [-0.2, -0.15) is 0 Å². The van der Waals surface area contributed by atoms with Crippen LogP contribution in [0.5, 0.6) is 0 Å². The van der Waals surface area contributed by atoms with Gasteiger partial charge in [0.05, 0.1) is 10.7 Å². The van der Waals surface area contributed by atoms with Gasteiger partial charge < -0.3 is 15.2 Å².